The summed E-state index contributed by atoms with van der Waals surface area (Å²) in [5, 5.41) is 9.56. The Balaban J connectivity index is 0.000000632. The first-order chi connectivity index (χ1) is 18.1. The van der Waals surface area contributed by atoms with E-state index >= 15 is 0 Å². The maximum Gasteiger partial charge on any atom is 0.376 e. The molecule has 38 heavy (non-hydrogen) atoms. The molecule has 0 bridgehead atoms. The maximum atomic E-state index is 11.5. The summed E-state index contributed by atoms with van der Waals surface area (Å²) in [6.07, 6.45) is 11.2. The smallest absolute Gasteiger partial charge is 0.376 e. The van der Waals surface area contributed by atoms with Crippen molar-refractivity contribution in [1.82, 2.24) is 19.5 Å². The van der Waals surface area contributed by atoms with Gasteiger partial charge >= 0.3 is 7.05 Å². The molecule has 2 aliphatic heterocycles. The largest absolute Gasteiger partial charge is 0.437 e. The first-order valence-electron chi connectivity index (χ1n) is 15.2. The van der Waals surface area contributed by atoms with Crippen molar-refractivity contribution in [1.29, 1.82) is 0 Å². The number of aldehydes is 1. The zero-order valence-electron chi connectivity index (χ0n) is 25.8. The Morgan fingerprint density at radius 3 is 1.79 bits per heavy atom. The van der Waals surface area contributed by atoms with Gasteiger partial charge in [-0.15, -0.1) is 0 Å². The fraction of sp³-hybridized carbons (Fsp3) is 0.897. The van der Waals surface area contributed by atoms with Gasteiger partial charge in [0.05, 0.1) is 0 Å². The molecule has 2 saturated heterocycles. The predicted molar refractivity (Wildman–Crippen MR) is 159 cm³/mol. The maximum absolute atomic E-state index is 11.5. The van der Waals surface area contributed by atoms with Crippen molar-refractivity contribution in [2.24, 2.45) is 11.8 Å². The third-order valence-corrected chi connectivity index (χ3v) is 7.59. The Bertz CT molecular complexity index is 636. The number of nitrogens with zero attached hydrogens (tertiary/aromatic N) is 4. The van der Waals surface area contributed by atoms with Crippen molar-refractivity contribution in [2.75, 3.05) is 59.9 Å². The molecule has 9 heteroatoms. The van der Waals surface area contributed by atoms with Crippen LogP contribution in [0.3, 0.4) is 0 Å². The summed E-state index contributed by atoms with van der Waals surface area (Å²) in [5.41, 5.74) is 0. The number of carbonyl (C=O) groups excluding carboxylic acids is 3. The fourth-order valence-corrected chi connectivity index (χ4v) is 5.12. The summed E-state index contributed by atoms with van der Waals surface area (Å²) in [6, 6.07) is 0. The Labute approximate surface area is 234 Å². The molecule has 1 N–H and O–H groups in total. The van der Waals surface area contributed by atoms with Crippen molar-refractivity contribution in [3.63, 3.8) is 0 Å². The quantitative estimate of drug-likeness (QED) is 0.298. The lowest BCUT2D eigenvalue weighted by Crippen LogP contribution is -2.44. The van der Waals surface area contributed by atoms with Gasteiger partial charge in [-0.1, -0.05) is 27.7 Å². The van der Waals surface area contributed by atoms with Crippen molar-refractivity contribution in [3.8, 4) is 0 Å². The van der Waals surface area contributed by atoms with Crippen LogP contribution in [-0.2, 0) is 14.4 Å². The number of carbonyl (C=O) groups is 3. The van der Waals surface area contributed by atoms with Gasteiger partial charge in [-0.25, -0.2) is 0 Å². The molecule has 0 spiro atoms. The second kappa shape index (κ2) is 22.4. The summed E-state index contributed by atoms with van der Waals surface area (Å²) < 4.78 is 0. The molecule has 2 fully saturated rings. The van der Waals surface area contributed by atoms with Crippen LogP contribution in [0.1, 0.15) is 91.9 Å². The van der Waals surface area contributed by atoms with Gasteiger partial charge in [0, 0.05) is 53.0 Å². The predicted octanol–water partition coefficient (Wildman–Crippen LogP) is 4.03. The molecule has 2 amide bonds. The third-order valence-electron chi connectivity index (χ3n) is 7.59. The van der Waals surface area contributed by atoms with Crippen LogP contribution < -0.4 is 0 Å². The number of rotatable bonds is 12. The topological polar surface area (TPSA) is 84.4 Å². The van der Waals surface area contributed by atoms with Crippen LogP contribution in [0.4, 0.5) is 0 Å². The molecule has 0 aromatic heterocycles. The average Bonchev–Trinajstić information content (AvgIpc) is 2.94. The second-order valence-corrected chi connectivity index (χ2v) is 10.9. The molecule has 8 nitrogen and oxygen atoms in total. The summed E-state index contributed by atoms with van der Waals surface area (Å²) in [7, 11) is 3.47. The minimum atomic E-state index is -0.340. The number of hydrogen-bond donors (Lipinski definition) is 1. The molecule has 0 aromatic carbocycles. The molecule has 2 heterocycles. The molecule has 0 aromatic rings. The van der Waals surface area contributed by atoms with Gasteiger partial charge < -0.3 is 29.3 Å². The van der Waals surface area contributed by atoms with Gasteiger partial charge in [-0.3, -0.25) is 9.59 Å². The highest BCUT2D eigenvalue weighted by molar-refractivity contribution is 6.45. The molecular weight excluding hydrogens is 479 g/mol. The Kier molecular flexibility index (Phi) is 21.5. The highest BCUT2D eigenvalue weighted by Gasteiger charge is 2.25. The standard InChI is InChI=1S/C14H28N2O.C12H25BN2O2.C3H6O/c1-4-9-16-10-6-7-13(12-16)8-11-15(3)14(17)5-2;1-4-12(16)14(3)9-7-11-6-5-8-15(10-11)13(2)17;1-2-3-4/h13H,4-12H2,1-3H3;11,17H,4-10H2,1-3H3;3H,2H2,1H3. The zero-order valence-corrected chi connectivity index (χ0v) is 25.8. The van der Waals surface area contributed by atoms with E-state index in [-0.39, 0.29) is 18.9 Å². The lowest BCUT2D eigenvalue weighted by atomic mass is 9.80. The molecule has 2 aliphatic rings. The highest BCUT2D eigenvalue weighted by Crippen LogP contribution is 2.21. The Morgan fingerprint density at radius 1 is 0.895 bits per heavy atom. The average molecular weight is 539 g/mol. The van der Waals surface area contributed by atoms with Crippen LogP contribution in [0, 0.1) is 11.8 Å². The van der Waals surface area contributed by atoms with Gasteiger partial charge in [0.1, 0.15) is 6.29 Å². The molecule has 0 aliphatic carbocycles. The number of piperidine rings is 2. The van der Waals surface area contributed by atoms with Crippen LogP contribution in [0.5, 0.6) is 0 Å². The molecule has 0 saturated carbocycles. The van der Waals surface area contributed by atoms with Crippen molar-refractivity contribution in [2.45, 2.75) is 98.7 Å². The highest BCUT2D eigenvalue weighted by atomic mass is 16.2. The zero-order chi connectivity index (χ0) is 28.9. The van der Waals surface area contributed by atoms with Crippen LogP contribution in [0.2, 0.25) is 6.82 Å². The number of hydrogen-bond acceptors (Lipinski definition) is 6. The van der Waals surface area contributed by atoms with E-state index in [1.807, 2.05) is 51.5 Å². The molecule has 222 valence electrons. The van der Waals surface area contributed by atoms with Crippen molar-refractivity contribution in [3.05, 3.63) is 0 Å². The van der Waals surface area contributed by atoms with Gasteiger partial charge in [-0.05, 0) is 89.8 Å². The Morgan fingerprint density at radius 2 is 1.37 bits per heavy atom. The second-order valence-electron chi connectivity index (χ2n) is 10.9. The minimum absolute atomic E-state index is 0.216. The molecule has 2 atom stereocenters. The normalized spacial score (nSPS) is 19.8. The van der Waals surface area contributed by atoms with E-state index in [1.54, 1.807) is 0 Å². The van der Waals surface area contributed by atoms with Crippen LogP contribution in [0.25, 0.3) is 0 Å². The van der Waals surface area contributed by atoms with Gasteiger partial charge in [0.25, 0.3) is 0 Å². The van der Waals surface area contributed by atoms with Gasteiger partial charge in [-0.2, -0.15) is 0 Å². The van der Waals surface area contributed by atoms with Crippen LogP contribution >= 0.6 is 0 Å². The van der Waals surface area contributed by atoms with Crippen LogP contribution in [-0.4, -0.2) is 110 Å². The summed E-state index contributed by atoms with van der Waals surface area (Å²) in [5.74, 6) is 1.90. The monoisotopic (exact) mass is 538 g/mol. The molecule has 2 unspecified atom stereocenters. The van der Waals surface area contributed by atoms with Gasteiger partial charge in [0.2, 0.25) is 11.8 Å². The lowest BCUT2D eigenvalue weighted by Gasteiger charge is -2.34. The van der Waals surface area contributed by atoms with Gasteiger partial charge in [0.15, 0.2) is 0 Å². The fourth-order valence-electron chi connectivity index (χ4n) is 5.12. The summed E-state index contributed by atoms with van der Waals surface area (Å²) >= 11 is 0. The first kappa shape index (κ1) is 36.6. The summed E-state index contributed by atoms with van der Waals surface area (Å²) in [6.45, 7) is 17.2. The first-order valence-corrected chi connectivity index (χ1v) is 15.2. The van der Waals surface area contributed by atoms with E-state index in [0.717, 1.165) is 51.2 Å². The van der Waals surface area contributed by atoms with Crippen molar-refractivity contribution >= 4 is 25.2 Å². The molecule has 0 radical (unpaired) electrons. The molecular formula is C29H59BN4O4. The van der Waals surface area contributed by atoms with Crippen LogP contribution in [0.15, 0.2) is 0 Å². The van der Waals surface area contributed by atoms with E-state index in [0.29, 0.717) is 25.2 Å². The lowest BCUT2D eigenvalue weighted by molar-refractivity contribution is -0.130. The number of amides is 2. The number of likely N-dealkylation sites (tertiary alicyclic amines) is 1. The van der Waals surface area contributed by atoms with Crippen molar-refractivity contribution < 1.29 is 19.4 Å². The minimum Gasteiger partial charge on any atom is -0.437 e. The SMILES string of the molecule is CCC(=O)N(C)CCC1CCCN(B(C)O)C1.CCC=O.CCCN1CCCC(CCN(C)C(=O)CC)C1. The third kappa shape index (κ3) is 16.5. The van der Waals surface area contributed by atoms with E-state index in [9.17, 15) is 19.4 Å². The Hall–Kier alpha value is -1.45. The van der Waals surface area contributed by atoms with E-state index < -0.39 is 0 Å². The van der Waals surface area contributed by atoms with E-state index in [1.165, 1.54) is 51.7 Å². The van der Waals surface area contributed by atoms with E-state index in [4.69, 9.17) is 0 Å². The molecule has 2 rings (SSSR count). The summed E-state index contributed by atoms with van der Waals surface area (Å²) in [4.78, 5) is 40.5. The van der Waals surface area contributed by atoms with E-state index in [2.05, 4.69) is 16.6 Å².